The highest BCUT2D eigenvalue weighted by atomic mass is 16.5. The third kappa shape index (κ3) is 2.72. The van der Waals surface area contributed by atoms with Crippen LogP contribution >= 0.6 is 0 Å². The van der Waals surface area contributed by atoms with Crippen LogP contribution < -0.4 is 4.74 Å². The van der Waals surface area contributed by atoms with Crippen LogP contribution in [0.15, 0.2) is 18.2 Å². The Balaban J connectivity index is 1.62. The minimum atomic E-state index is -0.285. The van der Waals surface area contributed by atoms with E-state index in [0.29, 0.717) is 12.5 Å². The lowest BCUT2D eigenvalue weighted by Crippen LogP contribution is -2.29. The van der Waals surface area contributed by atoms with Gasteiger partial charge in [-0.05, 0) is 49.6 Å². The van der Waals surface area contributed by atoms with E-state index in [9.17, 15) is 9.90 Å². The van der Waals surface area contributed by atoms with E-state index >= 15 is 0 Å². The fraction of sp³-hybridized carbons (Fsp3) is 0.562. The van der Waals surface area contributed by atoms with E-state index in [1.54, 1.807) is 0 Å². The fourth-order valence-electron chi connectivity index (χ4n) is 3.05. The highest BCUT2D eigenvalue weighted by Gasteiger charge is 2.27. The molecular weight excluding hydrogens is 254 g/mol. The molecule has 0 radical (unpaired) electrons. The van der Waals surface area contributed by atoms with Crippen LogP contribution in [0.5, 0.6) is 5.75 Å². The van der Waals surface area contributed by atoms with Gasteiger partial charge < -0.3 is 9.84 Å². The van der Waals surface area contributed by atoms with Gasteiger partial charge >= 0.3 is 0 Å². The predicted molar refractivity (Wildman–Crippen MR) is 76.2 cm³/mol. The van der Waals surface area contributed by atoms with E-state index in [4.69, 9.17) is 4.74 Å². The van der Waals surface area contributed by atoms with Gasteiger partial charge in [-0.3, -0.25) is 9.69 Å². The van der Waals surface area contributed by atoms with Gasteiger partial charge in [0.2, 0.25) is 0 Å². The zero-order valence-corrected chi connectivity index (χ0v) is 11.8. The van der Waals surface area contributed by atoms with Crippen molar-refractivity contribution in [3.63, 3.8) is 0 Å². The van der Waals surface area contributed by atoms with E-state index in [2.05, 4.69) is 4.90 Å². The number of aliphatic hydroxyl groups is 1. The molecule has 1 saturated heterocycles. The van der Waals surface area contributed by atoms with Crippen LogP contribution in [0.1, 0.15) is 29.3 Å². The summed E-state index contributed by atoms with van der Waals surface area (Å²) in [5.74, 6) is 1.37. The third-order valence-corrected chi connectivity index (χ3v) is 4.37. The quantitative estimate of drug-likeness (QED) is 0.846. The maximum Gasteiger partial charge on any atom is 0.176 e. The van der Waals surface area contributed by atoms with Gasteiger partial charge in [0.25, 0.3) is 0 Å². The number of rotatable bonds is 4. The molecule has 20 heavy (non-hydrogen) atoms. The van der Waals surface area contributed by atoms with Gasteiger partial charge in [-0.25, -0.2) is 0 Å². The minimum Gasteiger partial charge on any atom is -0.493 e. The number of benzene rings is 1. The van der Waals surface area contributed by atoms with Crippen molar-refractivity contribution in [1.82, 2.24) is 4.90 Å². The summed E-state index contributed by atoms with van der Waals surface area (Å²) < 4.78 is 5.46. The van der Waals surface area contributed by atoms with Gasteiger partial charge in [-0.1, -0.05) is 0 Å². The molecule has 2 heterocycles. The van der Waals surface area contributed by atoms with Gasteiger partial charge in [0.1, 0.15) is 5.75 Å². The van der Waals surface area contributed by atoms with Crippen LogP contribution in [0.4, 0.5) is 0 Å². The minimum absolute atomic E-state index is 0.158. The maximum atomic E-state index is 12.3. The Bertz CT molecular complexity index is 512. The smallest absolute Gasteiger partial charge is 0.176 e. The number of fused-ring (bicyclic) bond motifs is 1. The van der Waals surface area contributed by atoms with Crippen molar-refractivity contribution in [2.45, 2.75) is 25.9 Å². The Morgan fingerprint density at radius 1 is 1.55 bits per heavy atom. The number of ketones is 1. The molecule has 2 unspecified atom stereocenters. The molecule has 0 bridgehead atoms. The number of ether oxygens (including phenoxy) is 1. The van der Waals surface area contributed by atoms with Crippen LogP contribution in [0.2, 0.25) is 0 Å². The van der Waals surface area contributed by atoms with Crippen molar-refractivity contribution in [3.8, 4) is 5.75 Å². The van der Waals surface area contributed by atoms with Crippen molar-refractivity contribution < 1.29 is 14.6 Å². The second kappa shape index (κ2) is 5.54. The first-order chi connectivity index (χ1) is 9.63. The topological polar surface area (TPSA) is 49.8 Å². The molecule has 108 valence electrons. The summed E-state index contributed by atoms with van der Waals surface area (Å²) in [7, 11) is 0. The van der Waals surface area contributed by atoms with Gasteiger partial charge in [0.15, 0.2) is 5.78 Å². The highest BCUT2D eigenvalue weighted by molar-refractivity contribution is 5.98. The molecule has 1 fully saturated rings. The van der Waals surface area contributed by atoms with Gasteiger partial charge in [-0.2, -0.15) is 0 Å². The van der Waals surface area contributed by atoms with Crippen LogP contribution in [0.25, 0.3) is 0 Å². The summed E-state index contributed by atoms with van der Waals surface area (Å²) in [6.07, 6.45) is 1.58. The number of nitrogens with zero attached hydrogens (tertiary/aromatic N) is 1. The van der Waals surface area contributed by atoms with Crippen molar-refractivity contribution in [3.05, 3.63) is 29.3 Å². The van der Waals surface area contributed by atoms with E-state index in [0.717, 1.165) is 49.4 Å². The first-order valence-corrected chi connectivity index (χ1v) is 7.33. The van der Waals surface area contributed by atoms with Crippen LogP contribution in [0.3, 0.4) is 0 Å². The third-order valence-electron chi connectivity index (χ3n) is 4.37. The molecule has 0 aliphatic carbocycles. The molecule has 0 spiro atoms. The second-order valence-electron chi connectivity index (χ2n) is 5.87. The summed E-state index contributed by atoms with van der Waals surface area (Å²) >= 11 is 0. The lowest BCUT2D eigenvalue weighted by molar-refractivity contribution is 0.0925. The van der Waals surface area contributed by atoms with Crippen molar-refractivity contribution in [2.24, 2.45) is 5.92 Å². The summed E-state index contributed by atoms with van der Waals surface area (Å²) in [6.45, 7) is 4.71. The molecule has 4 nitrogen and oxygen atoms in total. The van der Waals surface area contributed by atoms with E-state index in [1.807, 2.05) is 25.1 Å². The molecule has 1 aromatic rings. The Labute approximate surface area is 119 Å². The first-order valence-electron chi connectivity index (χ1n) is 7.33. The lowest BCUT2D eigenvalue weighted by Gasteiger charge is -2.16. The van der Waals surface area contributed by atoms with Crippen molar-refractivity contribution in [1.29, 1.82) is 0 Å². The van der Waals surface area contributed by atoms with E-state index < -0.39 is 0 Å². The second-order valence-corrected chi connectivity index (χ2v) is 5.87. The Morgan fingerprint density at radius 3 is 3.15 bits per heavy atom. The zero-order chi connectivity index (χ0) is 14.1. The molecule has 0 amide bonds. The Kier molecular flexibility index (Phi) is 3.76. The number of aliphatic hydroxyl groups excluding tert-OH is 1. The average Bonchev–Trinajstić information content (AvgIpc) is 3.05. The number of carbonyl (C=O) groups is 1. The maximum absolute atomic E-state index is 12.3. The fourth-order valence-corrected chi connectivity index (χ4v) is 3.05. The predicted octanol–water partition coefficient (Wildman–Crippen LogP) is 1.51. The average molecular weight is 275 g/mol. The molecule has 1 N–H and O–H groups in total. The summed E-state index contributed by atoms with van der Waals surface area (Å²) in [5, 5.41) is 9.60. The van der Waals surface area contributed by atoms with Crippen LogP contribution in [-0.4, -0.2) is 48.1 Å². The van der Waals surface area contributed by atoms with Gasteiger partial charge in [0, 0.05) is 18.5 Å². The summed E-state index contributed by atoms with van der Waals surface area (Å²) in [6, 6.07) is 5.72. The number of Topliss-reactive ketones (excluding diaryl/α,β-unsaturated/α-hetero) is 1. The largest absolute Gasteiger partial charge is 0.493 e. The number of likely N-dealkylation sites (tertiary alicyclic amines) is 1. The Hall–Kier alpha value is -1.39. The van der Waals surface area contributed by atoms with E-state index in [1.165, 1.54) is 0 Å². The number of hydrogen-bond acceptors (Lipinski definition) is 4. The van der Waals surface area contributed by atoms with Gasteiger partial charge in [-0.15, -0.1) is 0 Å². The van der Waals surface area contributed by atoms with Gasteiger partial charge in [0.05, 0.1) is 19.3 Å². The summed E-state index contributed by atoms with van der Waals surface area (Å²) in [5.41, 5.74) is 1.91. The zero-order valence-electron chi connectivity index (χ0n) is 11.8. The Morgan fingerprint density at radius 2 is 2.40 bits per heavy atom. The first kappa shape index (κ1) is 13.6. The summed E-state index contributed by atoms with van der Waals surface area (Å²) in [4.78, 5) is 14.5. The molecule has 2 aliphatic heterocycles. The van der Waals surface area contributed by atoms with E-state index in [-0.39, 0.29) is 11.9 Å². The molecule has 3 rings (SSSR count). The molecule has 2 atom stereocenters. The highest BCUT2D eigenvalue weighted by Crippen LogP contribution is 2.26. The molecule has 1 aromatic carbocycles. The molecule has 0 aromatic heterocycles. The number of hydrogen-bond donors (Lipinski definition) is 1. The normalized spacial score (nSPS) is 23.4. The van der Waals surface area contributed by atoms with Crippen molar-refractivity contribution >= 4 is 5.78 Å². The number of carbonyl (C=O) groups excluding carboxylic acids is 1. The SMILES string of the molecule is CC(O)C1CCN(CC(=O)c2ccc3c(c2)CCO3)C1. The molecule has 2 aliphatic rings. The molecular formula is C16H21NO3. The standard InChI is InChI=1S/C16H21NO3/c1-11(18)14-4-6-17(9-14)10-15(19)12-2-3-16-13(8-12)5-7-20-16/h2-3,8,11,14,18H,4-7,9-10H2,1H3. The molecule has 0 saturated carbocycles. The van der Waals surface area contributed by atoms with Crippen LogP contribution in [-0.2, 0) is 6.42 Å². The molecule has 4 heteroatoms. The monoisotopic (exact) mass is 275 g/mol. The van der Waals surface area contributed by atoms with Crippen molar-refractivity contribution in [2.75, 3.05) is 26.2 Å². The lowest BCUT2D eigenvalue weighted by atomic mass is 10.0. The van der Waals surface area contributed by atoms with Crippen LogP contribution in [0, 0.1) is 5.92 Å².